The Bertz CT molecular complexity index is 444. The Morgan fingerprint density at radius 3 is 2.89 bits per heavy atom. The van der Waals surface area contributed by atoms with Crippen LogP contribution in [-0.2, 0) is 17.8 Å². The van der Waals surface area contributed by atoms with E-state index in [1.54, 1.807) is 11.3 Å². The molecule has 1 fully saturated rings. The Labute approximate surface area is 110 Å². The molecule has 3 amide bonds. The summed E-state index contributed by atoms with van der Waals surface area (Å²) >= 11 is 1.71. The summed E-state index contributed by atoms with van der Waals surface area (Å²) in [6.07, 6.45) is 1.39. The summed E-state index contributed by atoms with van der Waals surface area (Å²) in [6, 6.07) is 3.80. The van der Waals surface area contributed by atoms with Crippen molar-refractivity contribution in [1.29, 1.82) is 0 Å². The number of hydrogen-bond acceptors (Lipinski definition) is 3. The summed E-state index contributed by atoms with van der Waals surface area (Å²) in [5.41, 5.74) is 0. The normalized spacial score (nSPS) is 18.5. The maximum atomic E-state index is 11.6. The van der Waals surface area contributed by atoms with Crippen LogP contribution in [0.15, 0.2) is 12.1 Å². The quantitative estimate of drug-likeness (QED) is 0.761. The van der Waals surface area contributed by atoms with E-state index in [2.05, 4.69) is 28.9 Å². The average molecular weight is 267 g/mol. The number of amides is 3. The lowest BCUT2D eigenvalue weighted by Gasteiger charge is -2.10. The molecule has 0 spiro atoms. The van der Waals surface area contributed by atoms with Crippen LogP contribution in [0.3, 0.4) is 0 Å². The second-order valence-corrected chi connectivity index (χ2v) is 5.51. The van der Waals surface area contributed by atoms with Crippen LogP contribution in [0.25, 0.3) is 0 Å². The van der Waals surface area contributed by atoms with E-state index in [0.717, 1.165) is 11.3 Å². The third-order valence-corrected chi connectivity index (χ3v) is 4.03. The topological polar surface area (TPSA) is 70.2 Å². The van der Waals surface area contributed by atoms with Crippen LogP contribution >= 0.6 is 11.3 Å². The lowest BCUT2D eigenvalue weighted by atomic mass is 10.2. The van der Waals surface area contributed by atoms with Crippen LogP contribution < -0.4 is 16.0 Å². The van der Waals surface area contributed by atoms with Gasteiger partial charge >= 0.3 is 6.03 Å². The van der Waals surface area contributed by atoms with Gasteiger partial charge in [-0.05, 0) is 18.6 Å². The third-order valence-electron chi connectivity index (χ3n) is 2.80. The van der Waals surface area contributed by atoms with Gasteiger partial charge in [0, 0.05) is 22.7 Å². The highest BCUT2D eigenvalue weighted by Crippen LogP contribution is 2.16. The van der Waals surface area contributed by atoms with E-state index < -0.39 is 0 Å². The molecule has 6 heteroatoms. The fourth-order valence-corrected chi connectivity index (χ4v) is 2.72. The molecule has 1 aliphatic rings. The zero-order valence-electron chi connectivity index (χ0n) is 10.3. The molecule has 0 aromatic carbocycles. The Morgan fingerprint density at radius 1 is 1.50 bits per heavy atom. The molecule has 0 radical (unpaired) electrons. The molecule has 0 bridgehead atoms. The van der Waals surface area contributed by atoms with E-state index in [-0.39, 0.29) is 18.0 Å². The molecule has 18 heavy (non-hydrogen) atoms. The number of carbonyl (C=O) groups excluding carboxylic acids is 2. The number of rotatable bonds is 4. The van der Waals surface area contributed by atoms with Gasteiger partial charge in [0.25, 0.3) is 0 Å². The lowest BCUT2D eigenvalue weighted by molar-refractivity contribution is -0.119. The van der Waals surface area contributed by atoms with Gasteiger partial charge in [0.05, 0.1) is 12.6 Å². The summed E-state index contributed by atoms with van der Waals surface area (Å²) < 4.78 is 0. The first-order valence-electron chi connectivity index (χ1n) is 6.06. The van der Waals surface area contributed by atoms with Crippen molar-refractivity contribution in [2.75, 3.05) is 6.54 Å². The summed E-state index contributed by atoms with van der Waals surface area (Å²) in [6.45, 7) is 3.16. The van der Waals surface area contributed by atoms with Crippen molar-refractivity contribution in [3.8, 4) is 0 Å². The molecule has 3 N–H and O–H groups in total. The van der Waals surface area contributed by atoms with Crippen LogP contribution in [0.5, 0.6) is 0 Å². The Kier molecular flexibility index (Phi) is 4.19. The first kappa shape index (κ1) is 12.9. The van der Waals surface area contributed by atoms with Gasteiger partial charge in [0.15, 0.2) is 0 Å². The second-order valence-electron chi connectivity index (χ2n) is 4.25. The predicted molar refractivity (Wildman–Crippen MR) is 70.5 cm³/mol. The average Bonchev–Trinajstić information content (AvgIpc) is 2.95. The Hall–Kier alpha value is -1.56. The van der Waals surface area contributed by atoms with Gasteiger partial charge in [-0.3, -0.25) is 4.79 Å². The summed E-state index contributed by atoms with van der Waals surface area (Å²) in [7, 11) is 0. The van der Waals surface area contributed by atoms with Crippen molar-refractivity contribution in [1.82, 2.24) is 16.0 Å². The van der Waals surface area contributed by atoms with Crippen molar-refractivity contribution in [2.45, 2.75) is 32.4 Å². The minimum atomic E-state index is -0.219. The molecule has 1 saturated heterocycles. The van der Waals surface area contributed by atoms with Gasteiger partial charge in [-0.25, -0.2) is 4.79 Å². The van der Waals surface area contributed by atoms with Gasteiger partial charge in [-0.2, -0.15) is 0 Å². The molecule has 1 aliphatic heterocycles. The molecular formula is C12H17N3O2S. The number of urea groups is 1. The maximum Gasteiger partial charge on any atom is 0.315 e. The van der Waals surface area contributed by atoms with E-state index >= 15 is 0 Å². The number of thiophene rings is 1. The first-order valence-corrected chi connectivity index (χ1v) is 6.87. The SMILES string of the molecule is CCc1ccc(CNC(=O)N[C@@H]2CNC(=O)C2)s1. The molecule has 0 unspecified atom stereocenters. The standard InChI is InChI=1S/C12H17N3O2S/c1-2-9-3-4-10(18-9)7-14-12(17)15-8-5-11(16)13-6-8/h3-4,8H,2,5-7H2,1H3,(H,13,16)(H2,14,15,17)/t8-/m0/s1. The van der Waals surface area contributed by atoms with Gasteiger partial charge in [-0.15, -0.1) is 11.3 Å². The van der Waals surface area contributed by atoms with Crippen molar-refractivity contribution >= 4 is 23.3 Å². The van der Waals surface area contributed by atoms with Gasteiger partial charge in [0.2, 0.25) is 5.91 Å². The number of hydrogen-bond donors (Lipinski definition) is 3. The molecular weight excluding hydrogens is 250 g/mol. The summed E-state index contributed by atoms with van der Waals surface area (Å²) in [5.74, 6) is -0.00820. The minimum absolute atomic E-state index is 0.00820. The van der Waals surface area contributed by atoms with E-state index in [1.807, 2.05) is 6.07 Å². The monoisotopic (exact) mass is 267 g/mol. The summed E-state index contributed by atoms with van der Waals surface area (Å²) in [4.78, 5) is 25.0. The fraction of sp³-hybridized carbons (Fsp3) is 0.500. The van der Waals surface area contributed by atoms with E-state index in [9.17, 15) is 9.59 Å². The third kappa shape index (κ3) is 3.46. The van der Waals surface area contributed by atoms with Crippen LogP contribution in [0.1, 0.15) is 23.1 Å². The van der Waals surface area contributed by atoms with E-state index in [4.69, 9.17) is 0 Å². The highest BCUT2D eigenvalue weighted by molar-refractivity contribution is 7.11. The van der Waals surface area contributed by atoms with E-state index in [1.165, 1.54) is 4.88 Å². The van der Waals surface area contributed by atoms with Crippen molar-refractivity contribution in [3.63, 3.8) is 0 Å². The van der Waals surface area contributed by atoms with E-state index in [0.29, 0.717) is 19.5 Å². The maximum absolute atomic E-state index is 11.6. The van der Waals surface area contributed by atoms with Crippen LogP contribution in [0.2, 0.25) is 0 Å². The number of aryl methyl sites for hydroxylation is 1. The largest absolute Gasteiger partial charge is 0.354 e. The fourth-order valence-electron chi connectivity index (χ4n) is 1.82. The Morgan fingerprint density at radius 2 is 2.28 bits per heavy atom. The van der Waals surface area contributed by atoms with Gasteiger partial charge in [0.1, 0.15) is 0 Å². The van der Waals surface area contributed by atoms with Gasteiger partial charge < -0.3 is 16.0 Å². The zero-order valence-corrected chi connectivity index (χ0v) is 11.1. The predicted octanol–water partition coefficient (Wildman–Crippen LogP) is 0.998. The van der Waals surface area contributed by atoms with Crippen LogP contribution in [0.4, 0.5) is 4.79 Å². The molecule has 98 valence electrons. The zero-order chi connectivity index (χ0) is 13.0. The van der Waals surface area contributed by atoms with Crippen molar-refractivity contribution in [3.05, 3.63) is 21.9 Å². The number of nitrogens with one attached hydrogen (secondary N) is 3. The summed E-state index contributed by atoms with van der Waals surface area (Å²) in [5, 5.41) is 8.25. The molecule has 0 saturated carbocycles. The van der Waals surface area contributed by atoms with Crippen molar-refractivity contribution < 1.29 is 9.59 Å². The minimum Gasteiger partial charge on any atom is -0.354 e. The van der Waals surface area contributed by atoms with Crippen LogP contribution in [0, 0.1) is 0 Å². The molecule has 2 rings (SSSR count). The molecule has 1 aromatic heterocycles. The molecule has 5 nitrogen and oxygen atoms in total. The smallest absolute Gasteiger partial charge is 0.315 e. The van der Waals surface area contributed by atoms with Gasteiger partial charge in [-0.1, -0.05) is 6.92 Å². The number of carbonyl (C=O) groups is 2. The first-order chi connectivity index (χ1) is 8.67. The highest BCUT2D eigenvalue weighted by atomic mass is 32.1. The lowest BCUT2D eigenvalue weighted by Crippen LogP contribution is -2.42. The van der Waals surface area contributed by atoms with Crippen LogP contribution in [-0.4, -0.2) is 24.5 Å². The molecule has 2 heterocycles. The second kappa shape index (κ2) is 5.86. The molecule has 0 aliphatic carbocycles. The highest BCUT2D eigenvalue weighted by Gasteiger charge is 2.22. The van der Waals surface area contributed by atoms with Crippen molar-refractivity contribution in [2.24, 2.45) is 0 Å². The Balaban J connectivity index is 1.73. The molecule has 1 aromatic rings. The molecule has 1 atom stereocenters.